The van der Waals surface area contributed by atoms with Gasteiger partial charge in [-0.1, -0.05) is 0 Å². The first kappa shape index (κ1) is 15.6. The number of amides is 1. The van der Waals surface area contributed by atoms with Crippen LogP contribution in [-0.4, -0.2) is 50.5 Å². The van der Waals surface area contributed by atoms with Gasteiger partial charge in [-0.3, -0.25) is 9.63 Å². The van der Waals surface area contributed by atoms with Crippen molar-refractivity contribution >= 4 is 18.0 Å². The van der Waals surface area contributed by atoms with Crippen molar-refractivity contribution in [2.75, 3.05) is 28.4 Å². The molecule has 0 saturated carbocycles. The second kappa shape index (κ2) is 6.35. The van der Waals surface area contributed by atoms with Gasteiger partial charge in [0.25, 0.3) is 0 Å². The Bertz CT molecular complexity index is 628. The number of phenolic OH excluding ortho intramolecular Hbond substituents is 1. The van der Waals surface area contributed by atoms with Crippen LogP contribution in [0.1, 0.15) is 5.56 Å². The van der Waals surface area contributed by atoms with Gasteiger partial charge in [-0.25, -0.2) is 0 Å². The van der Waals surface area contributed by atoms with Gasteiger partial charge in [-0.05, 0) is 23.8 Å². The minimum Gasteiger partial charge on any atom is -0.502 e. The van der Waals surface area contributed by atoms with Gasteiger partial charge in [0, 0.05) is 0 Å². The van der Waals surface area contributed by atoms with Gasteiger partial charge in [0.15, 0.2) is 11.5 Å². The van der Waals surface area contributed by atoms with Crippen LogP contribution in [-0.2, 0) is 14.4 Å². The van der Waals surface area contributed by atoms with E-state index in [1.807, 2.05) is 0 Å². The lowest BCUT2D eigenvalue weighted by atomic mass is 10.1. The van der Waals surface area contributed by atoms with E-state index in [4.69, 9.17) is 19.0 Å². The first-order chi connectivity index (χ1) is 10.5. The van der Waals surface area contributed by atoms with Crippen molar-refractivity contribution < 1.29 is 28.9 Å². The topological polar surface area (TPSA) is 89.8 Å². The monoisotopic (exact) mass is 308 g/mol. The van der Waals surface area contributed by atoms with E-state index in [0.29, 0.717) is 5.56 Å². The number of hydrogen-bond acceptors (Lipinski definition) is 7. The lowest BCUT2D eigenvalue weighted by Crippen LogP contribution is -2.31. The molecule has 118 valence electrons. The number of nitrogens with zero attached hydrogens (tertiary/aromatic N) is 2. The standard InChI is InChI=1S/C14H16N2O6/c1-19-10-6-8(7-11(20-2)12(10)17)5-9-13(18)16(22-4)14(15-9)21-3/h5-7,17H,1-4H3/b9-5+. The van der Waals surface area contributed by atoms with Gasteiger partial charge >= 0.3 is 11.9 Å². The Balaban J connectivity index is 2.45. The minimum atomic E-state index is -0.467. The van der Waals surface area contributed by atoms with E-state index in [0.717, 1.165) is 5.06 Å². The van der Waals surface area contributed by atoms with Crippen molar-refractivity contribution in [3.8, 4) is 17.2 Å². The molecule has 0 saturated heterocycles. The van der Waals surface area contributed by atoms with Crippen LogP contribution < -0.4 is 9.47 Å². The van der Waals surface area contributed by atoms with Gasteiger partial charge in [0.05, 0.1) is 28.4 Å². The lowest BCUT2D eigenvalue weighted by molar-refractivity contribution is -0.152. The molecule has 1 aliphatic heterocycles. The molecule has 22 heavy (non-hydrogen) atoms. The van der Waals surface area contributed by atoms with Crippen molar-refractivity contribution in [1.82, 2.24) is 5.06 Å². The summed E-state index contributed by atoms with van der Waals surface area (Å²) in [5.74, 6) is -0.151. The molecule has 0 aromatic heterocycles. The van der Waals surface area contributed by atoms with Crippen molar-refractivity contribution in [3.05, 3.63) is 23.4 Å². The van der Waals surface area contributed by atoms with E-state index in [1.165, 1.54) is 34.5 Å². The predicted molar refractivity (Wildman–Crippen MR) is 77.5 cm³/mol. The fraction of sp³-hybridized carbons (Fsp3) is 0.286. The molecule has 8 heteroatoms. The summed E-state index contributed by atoms with van der Waals surface area (Å²) in [7, 11) is 5.55. The van der Waals surface area contributed by atoms with Crippen LogP contribution in [0.2, 0.25) is 0 Å². The Kier molecular flexibility index (Phi) is 4.52. The summed E-state index contributed by atoms with van der Waals surface area (Å²) in [5.41, 5.74) is 0.681. The van der Waals surface area contributed by atoms with Crippen LogP contribution in [0, 0.1) is 0 Å². The molecule has 1 aliphatic rings. The molecular formula is C14H16N2O6. The number of aliphatic imine (C=N–C) groups is 1. The third kappa shape index (κ3) is 2.68. The molecule has 1 aromatic carbocycles. The Morgan fingerprint density at radius 3 is 2.09 bits per heavy atom. The Hall–Kier alpha value is -2.74. The number of ether oxygens (including phenoxy) is 3. The largest absolute Gasteiger partial charge is 0.502 e. The summed E-state index contributed by atoms with van der Waals surface area (Å²) in [4.78, 5) is 21.0. The summed E-state index contributed by atoms with van der Waals surface area (Å²) in [5, 5.41) is 10.8. The molecular weight excluding hydrogens is 292 g/mol. The third-order valence-corrected chi connectivity index (χ3v) is 2.96. The molecule has 0 fully saturated rings. The summed E-state index contributed by atoms with van der Waals surface area (Å²) in [6.45, 7) is 0. The SMILES string of the molecule is COC1=N/C(=C/c2cc(OC)c(O)c(OC)c2)C(=O)N1OC. The van der Waals surface area contributed by atoms with E-state index < -0.39 is 5.91 Å². The number of carbonyl (C=O) groups excluding carboxylic acids is 1. The highest BCUT2D eigenvalue weighted by Crippen LogP contribution is 2.37. The zero-order chi connectivity index (χ0) is 16.3. The smallest absolute Gasteiger partial charge is 0.325 e. The number of hydrogen-bond donors (Lipinski definition) is 1. The molecule has 1 amide bonds. The van der Waals surface area contributed by atoms with E-state index in [1.54, 1.807) is 12.1 Å². The molecule has 0 radical (unpaired) electrons. The number of hydroxylamine groups is 2. The number of benzene rings is 1. The van der Waals surface area contributed by atoms with Crippen LogP contribution in [0.25, 0.3) is 6.08 Å². The maximum Gasteiger partial charge on any atom is 0.325 e. The highest BCUT2D eigenvalue weighted by molar-refractivity contribution is 6.11. The first-order valence-electron chi connectivity index (χ1n) is 6.23. The summed E-state index contributed by atoms with van der Waals surface area (Å²) in [6, 6.07) is 3.14. The summed E-state index contributed by atoms with van der Waals surface area (Å²) in [6.07, 6.45) is 1.50. The predicted octanol–water partition coefficient (Wildman–Crippen LogP) is 1.16. The molecule has 0 spiro atoms. The van der Waals surface area contributed by atoms with Crippen molar-refractivity contribution in [2.45, 2.75) is 0 Å². The fourth-order valence-electron chi connectivity index (χ4n) is 1.93. The molecule has 0 atom stereocenters. The highest BCUT2D eigenvalue weighted by atomic mass is 16.7. The van der Waals surface area contributed by atoms with Crippen LogP contribution in [0.15, 0.2) is 22.8 Å². The second-order valence-electron chi connectivity index (χ2n) is 4.18. The van der Waals surface area contributed by atoms with Crippen LogP contribution in [0.5, 0.6) is 17.2 Å². The third-order valence-electron chi connectivity index (χ3n) is 2.96. The Morgan fingerprint density at radius 1 is 1.09 bits per heavy atom. The zero-order valence-corrected chi connectivity index (χ0v) is 12.6. The van der Waals surface area contributed by atoms with Crippen LogP contribution in [0.3, 0.4) is 0 Å². The van der Waals surface area contributed by atoms with Gasteiger partial charge in [-0.15, -0.1) is 5.06 Å². The number of phenols is 1. The van der Waals surface area contributed by atoms with E-state index in [2.05, 4.69) is 4.99 Å². The molecule has 8 nitrogen and oxygen atoms in total. The first-order valence-corrected chi connectivity index (χ1v) is 6.23. The van der Waals surface area contributed by atoms with Gasteiger partial charge in [0.2, 0.25) is 5.75 Å². The zero-order valence-electron chi connectivity index (χ0n) is 12.6. The molecule has 1 aromatic rings. The molecule has 0 bridgehead atoms. The average molecular weight is 308 g/mol. The average Bonchev–Trinajstić information content (AvgIpc) is 2.84. The summed E-state index contributed by atoms with van der Waals surface area (Å²) >= 11 is 0. The number of amidine groups is 1. The lowest BCUT2D eigenvalue weighted by Gasteiger charge is -2.12. The second-order valence-corrected chi connectivity index (χ2v) is 4.18. The number of methoxy groups -OCH3 is 3. The van der Waals surface area contributed by atoms with Gasteiger partial charge in [0.1, 0.15) is 5.70 Å². The number of carbonyl (C=O) groups is 1. The van der Waals surface area contributed by atoms with Crippen molar-refractivity contribution in [1.29, 1.82) is 0 Å². The fourth-order valence-corrected chi connectivity index (χ4v) is 1.93. The molecule has 0 aliphatic carbocycles. The van der Waals surface area contributed by atoms with E-state index >= 15 is 0 Å². The molecule has 1 heterocycles. The molecule has 2 rings (SSSR count). The number of aromatic hydroxyl groups is 1. The molecule has 0 unspecified atom stereocenters. The summed E-state index contributed by atoms with van der Waals surface area (Å²) < 4.78 is 15.1. The Labute approximate surface area is 127 Å². The van der Waals surface area contributed by atoms with E-state index in [9.17, 15) is 9.90 Å². The van der Waals surface area contributed by atoms with Crippen molar-refractivity contribution in [2.24, 2.45) is 4.99 Å². The number of rotatable bonds is 4. The molecule has 1 N–H and O–H groups in total. The van der Waals surface area contributed by atoms with Gasteiger partial charge < -0.3 is 19.3 Å². The van der Waals surface area contributed by atoms with Gasteiger partial charge in [-0.2, -0.15) is 4.99 Å². The quantitative estimate of drug-likeness (QED) is 0.839. The van der Waals surface area contributed by atoms with Crippen molar-refractivity contribution in [3.63, 3.8) is 0 Å². The maximum absolute atomic E-state index is 12.1. The minimum absolute atomic E-state index is 0.0384. The highest BCUT2D eigenvalue weighted by Gasteiger charge is 2.32. The van der Waals surface area contributed by atoms with Crippen LogP contribution in [0.4, 0.5) is 0 Å². The van der Waals surface area contributed by atoms with E-state index in [-0.39, 0.29) is 29.0 Å². The normalized spacial score (nSPS) is 16.0. The van der Waals surface area contributed by atoms with Crippen LogP contribution >= 0.6 is 0 Å². The maximum atomic E-state index is 12.1. The Morgan fingerprint density at radius 2 is 1.68 bits per heavy atom.